The van der Waals surface area contributed by atoms with Gasteiger partial charge in [-0.15, -0.1) is 0 Å². The number of hydrogen-bond donors (Lipinski definition) is 1. The molecule has 0 radical (unpaired) electrons. The normalized spacial score (nSPS) is 11.4. The first kappa shape index (κ1) is 15.9. The van der Waals surface area contributed by atoms with Gasteiger partial charge in [-0.1, -0.05) is 0 Å². The Labute approximate surface area is 101 Å². The van der Waals surface area contributed by atoms with Gasteiger partial charge in [0.05, 0.1) is 32.9 Å². The molecule has 6 heteroatoms. The summed E-state index contributed by atoms with van der Waals surface area (Å²) < 4.78 is 9.07. The molecule has 100 valence electrons. The minimum atomic E-state index is -0.843. The maximum Gasteiger partial charge on any atom is 0.319 e. The van der Waals surface area contributed by atoms with E-state index in [1.54, 1.807) is 18.7 Å². The lowest BCUT2D eigenvalue weighted by Crippen LogP contribution is -2.38. The smallest absolute Gasteiger partial charge is 0.319 e. The predicted molar refractivity (Wildman–Crippen MR) is 61.4 cm³/mol. The molecule has 0 heterocycles. The molecule has 0 saturated heterocycles. The quantitative estimate of drug-likeness (QED) is 0.628. The number of nitrogens with zero attached hydrogens (tertiary/aromatic N) is 1. The van der Waals surface area contributed by atoms with Crippen molar-refractivity contribution in [3.63, 3.8) is 0 Å². The predicted octanol–water partition coefficient (Wildman–Crippen LogP) is -0.205. The topological polar surface area (TPSA) is 76.1 Å². The maximum absolute atomic E-state index is 11.1. The SMILES string of the molecule is COC(=O)CN(CCC(C)(C)O)CC(=O)OC. The summed E-state index contributed by atoms with van der Waals surface area (Å²) in [6.45, 7) is 3.75. The molecule has 0 aliphatic rings. The number of aliphatic hydroxyl groups is 1. The van der Waals surface area contributed by atoms with Crippen LogP contribution < -0.4 is 0 Å². The summed E-state index contributed by atoms with van der Waals surface area (Å²) in [5.74, 6) is -0.853. The van der Waals surface area contributed by atoms with Crippen LogP contribution in [0.25, 0.3) is 0 Å². The molecule has 0 fully saturated rings. The lowest BCUT2D eigenvalue weighted by atomic mass is 10.1. The molecular formula is C11H21NO5. The number of methoxy groups -OCH3 is 2. The second-order valence-corrected chi connectivity index (χ2v) is 4.43. The zero-order valence-corrected chi connectivity index (χ0v) is 10.9. The molecule has 0 atom stereocenters. The van der Waals surface area contributed by atoms with Gasteiger partial charge < -0.3 is 14.6 Å². The molecular weight excluding hydrogens is 226 g/mol. The van der Waals surface area contributed by atoms with Gasteiger partial charge >= 0.3 is 11.9 Å². The van der Waals surface area contributed by atoms with Crippen molar-refractivity contribution < 1.29 is 24.2 Å². The first-order chi connectivity index (χ1) is 7.78. The minimum Gasteiger partial charge on any atom is -0.468 e. The van der Waals surface area contributed by atoms with Crippen molar-refractivity contribution in [2.75, 3.05) is 33.9 Å². The van der Waals surface area contributed by atoms with Crippen LogP contribution in [0.5, 0.6) is 0 Å². The van der Waals surface area contributed by atoms with Crippen molar-refractivity contribution >= 4 is 11.9 Å². The molecule has 0 saturated carbocycles. The van der Waals surface area contributed by atoms with Gasteiger partial charge in [0, 0.05) is 6.54 Å². The van der Waals surface area contributed by atoms with Gasteiger partial charge in [0.15, 0.2) is 0 Å². The summed E-state index contributed by atoms with van der Waals surface area (Å²) in [7, 11) is 2.57. The van der Waals surface area contributed by atoms with Crippen molar-refractivity contribution in [3.05, 3.63) is 0 Å². The lowest BCUT2D eigenvalue weighted by Gasteiger charge is -2.24. The Bertz CT molecular complexity index is 241. The molecule has 0 amide bonds. The Kier molecular flexibility index (Phi) is 6.75. The number of esters is 2. The molecule has 0 aromatic rings. The number of rotatable bonds is 7. The molecule has 0 aromatic heterocycles. The Morgan fingerprint density at radius 3 is 1.82 bits per heavy atom. The van der Waals surface area contributed by atoms with E-state index in [1.165, 1.54) is 14.2 Å². The highest BCUT2D eigenvalue weighted by Gasteiger charge is 2.19. The van der Waals surface area contributed by atoms with Crippen LogP contribution in [0.1, 0.15) is 20.3 Å². The lowest BCUT2D eigenvalue weighted by molar-refractivity contribution is -0.145. The van der Waals surface area contributed by atoms with Crippen molar-refractivity contribution in [3.8, 4) is 0 Å². The molecule has 6 nitrogen and oxygen atoms in total. The largest absolute Gasteiger partial charge is 0.468 e. The summed E-state index contributed by atoms with van der Waals surface area (Å²) in [5, 5.41) is 9.59. The van der Waals surface area contributed by atoms with Crippen LogP contribution in [0.2, 0.25) is 0 Å². The third-order valence-electron chi connectivity index (χ3n) is 2.20. The zero-order valence-electron chi connectivity index (χ0n) is 10.9. The summed E-state index contributed by atoms with van der Waals surface area (Å²) >= 11 is 0. The molecule has 0 aliphatic carbocycles. The summed E-state index contributed by atoms with van der Waals surface area (Å²) in [6, 6.07) is 0. The van der Waals surface area contributed by atoms with Crippen molar-refractivity contribution in [1.29, 1.82) is 0 Å². The number of carbonyl (C=O) groups is 2. The van der Waals surface area contributed by atoms with Crippen molar-refractivity contribution in [2.45, 2.75) is 25.9 Å². The summed E-state index contributed by atoms with van der Waals surface area (Å²) in [4.78, 5) is 23.9. The molecule has 0 spiro atoms. The molecule has 0 unspecified atom stereocenters. The third kappa shape index (κ3) is 8.65. The van der Waals surface area contributed by atoms with Gasteiger partial charge in [0.2, 0.25) is 0 Å². The van der Waals surface area contributed by atoms with Gasteiger partial charge in [-0.2, -0.15) is 0 Å². The minimum absolute atomic E-state index is 0.00167. The molecule has 17 heavy (non-hydrogen) atoms. The molecule has 0 rings (SSSR count). The van der Waals surface area contributed by atoms with E-state index >= 15 is 0 Å². The van der Waals surface area contributed by atoms with Gasteiger partial charge in [0.25, 0.3) is 0 Å². The number of ether oxygens (including phenoxy) is 2. The fourth-order valence-corrected chi connectivity index (χ4v) is 1.14. The second kappa shape index (κ2) is 7.24. The van der Waals surface area contributed by atoms with Crippen LogP contribution in [0.15, 0.2) is 0 Å². The van der Waals surface area contributed by atoms with E-state index in [4.69, 9.17) is 0 Å². The Hall–Kier alpha value is -1.14. The van der Waals surface area contributed by atoms with E-state index < -0.39 is 17.5 Å². The maximum atomic E-state index is 11.1. The van der Waals surface area contributed by atoms with E-state index in [0.717, 1.165) is 0 Å². The molecule has 0 bridgehead atoms. The van der Waals surface area contributed by atoms with E-state index in [2.05, 4.69) is 9.47 Å². The average molecular weight is 247 g/mol. The summed E-state index contributed by atoms with van der Waals surface area (Å²) in [6.07, 6.45) is 0.445. The van der Waals surface area contributed by atoms with E-state index in [0.29, 0.717) is 13.0 Å². The Morgan fingerprint density at radius 1 is 1.12 bits per heavy atom. The fourth-order valence-electron chi connectivity index (χ4n) is 1.14. The van der Waals surface area contributed by atoms with Crippen molar-refractivity contribution in [2.24, 2.45) is 0 Å². The molecule has 0 aromatic carbocycles. The highest BCUT2D eigenvalue weighted by Crippen LogP contribution is 2.08. The van der Waals surface area contributed by atoms with E-state index in [-0.39, 0.29) is 13.1 Å². The zero-order chi connectivity index (χ0) is 13.5. The van der Waals surface area contributed by atoms with Gasteiger partial charge in [0.1, 0.15) is 0 Å². The number of carbonyl (C=O) groups excluding carboxylic acids is 2. The van der Waals surface area contributed by atoms with E-state index in [1.807, 2.05) is 0 Å². The standard InChI is InChI=1S/C11H21NO5/c1-11(2,15)5-6-12(7-9(13)16-3)8-10(14)17-4/h15H,5-8H2,1-4H3. The van der Waals surface area contributed by atoms with Gasteiger partial charge in [-0.3, -0.25) is 14.5 Å². The Balaban J connectivity index is 4.29. The second-order valence-electron chi connectivity index (χ2n) is 4.43. The summed E-state index contributed by atoms with van der Waals surface area (Å²) in [5.41, 5.74) is -0.843. The van der Waals surface area contributed by atoms with Crippen LogP contribution >= 0.6 is 0 Å². The molecule has 0 aliphatic heterocycles. The molecule has 1 N–H and O–H groups in total. The van der Waals surface area contributed by atoms with Crippen LogP contribution in [-0.2, 0) is 19.1 Å². The first-order valence-electron chi connectivity index (χ1n) is 5.37. The number of hydrogen-bond acceptors (Lipinski definition) is 6. The van der Waals surface area contributed by atoms with Crippen LogP contribution in [0, 0.1) is 0 Å². The third-order valence-corrected chi connectivity index (χ3v) is 2.20. The van der Waals surface area contributed by atoms with Gasteiger partial charge in [-0.05, 0) is 20.3 Å². The van der Waals surface area contributed by atoms with E-state index in [9.17, 15) is 14.7 Å². The highest BCUT2D eigenvalue weighted by atomic mass is 16.5. The Morgan fingerprint density at radius 2 is 1.53 bits per heavy atom. The van der Waals surface area contributed by atoms with Gasteiger partial charge in [-0.25, -0.2) is 0 Å². The van der Waals surface area contributed by atoms with Crippen LogP contribution in [0.4, 0.5) is 0 Å². The highest BCUT2D eigenvalue weighted by molar-refractivity contribution is 5.74. The van der Waals surface area contributed by atoms with Crippen LogP contribution in [0.3, 0.4) is 0 Å². The monoisotopic (exact) mass is 247 g/mol. The first-order valence-corrected chi connectivity index (χ1v) is 5.37. The van der Waals surface area contributed by atoms with Crippen molar-refractivity contribution in [1.82, 2.24) is 4.90 Å². The van der Waals surface area contributed by atoms with Crippen LogP contribution in [-0.4, -0.2) is 61.4 Å². The average Bonchev–Trinajstić information content (AvgIpc) is 2.24. The fraction of sp³-hybridized carbons (Fsp3) is 0.818.